The average Bonchev–Trinajstić information content (AvgIpc) is 3.89. The van der Waals surface area contributed by atoms with E-state index in [0.29, 0.717) is 59.2 Å². The third-order valence-corrected chi connectivity index (χ3v) is 8.29. The molecule has 3 aliphatic rings. The van der Waals surface area contributed by atoms with Crippen molar-refractivity contribution in [1.29, 1.82) is 0 Å². The minimum Gasteiger partial charge on any atom is -0.352 e. The molecule has 3 aromatic heterocycles. The zero-order valence-corrected chi connectivity index (χ0v) is 24.5. The number of rotatable bonds is 8. The first-order chi connectivity index (χ1) is 20.6. The summed E-state index contributed by atoms with van der Waals surface area (Å²) in [4.78, 5) is 68.8. The third kappa shape index (κ3) is 5.15. The molecule has 43 heavy (non-hydrogen) atoms. The summed E-state index contributed by atoms with van der Waals surface area (Å²) in [6.45, 7) is 4.08. The number of urea groups is 1. The number of aromatic amines is 1. The van der Waals surface area contributed by atoms with E-state index in [-0.39, 0.29) is 36.2 Å². The number of likely N-dealkylation sites (N-methyl/N-ethyl adjacent to an activating group) is 1. The number of fused-ring (bicyclic) bond motifs is 1. The highest BCUT2D eigenvalue weighted by Gasteiger charge is 2.46. The van der Waals surface area contributed by atoms with Gasteiger partial charge in [0.05, 0.1) is 23.3 Å². The van der Waals surface area contributed by atoms with Gasteiger partial charge in [0, 0.05) is 43.9 Å². The van der Waals surface area contributed by atoms with Gasteiger partial charge in [-0.05, 0) is 62.8 Å². The van der Waals surface area contributed by atoms with Crippen molar-refractivity contribution in [3.05, 3.63) is 59.2 Å². The van der Waals surface area contributed by atoms with Crippen molar-refractivity contribution in [2.45, 2.75) is 51.5 Å². The van der Waals surface area contributed by atoms with Crippen molar-refractivity contribution >= 4 is 46.2 Å². The van der Waals surface area contributed by atoms with Gasteiger partial charge in [0.1, 0.15) is 35.7 Å². The second kappa shape index (κ2) is 10.1. The van der Waals surface area contributed by atoms with E-state index < -0.39 is 0 Å². The van der Waals surface area contributed by atoms with Crippen LogP contribution in [0.2, 0.25) is 0 Å². The lowest BCUT2D eigenvalue weighted by Crippen LogP contribution is -2.30. The average molecular weight is 581 g/mol. The van der Waals surface area contributed by atoms with Gasteiger partial charge in [-0.2, -0.15) is 0 Å². The molecule has 0 unspecified atom stereocenters. The largest absolute Gasteiger partial charge is 0.352 e. The van der Waals surface area contributed by atoms with Crippen LogP contribution in [-0.4, -0.2) is 73.3 Å². The van der Waals surface area contributed by atoms with Gasteiger partial charge in [0.2, 0.25) is 11.8 Å². The van der Waals surface area contributed by atoms with E-state index in [2.05, 4.69) is 36.3 Å². The Labute approximate surface area is 247 Å². The number of hydrogen-bond acceptors (Lipinski definition) is 9. The molecule has 1 aromatic carbocycles. The van der Waals surface area contributed by atoms with Crippen LogP contribution < -0.4 is 15.1 Å². The van der Waals surface area contributed by atoms with E-state index in [0.717, 1.165) is 34.5 Å². The Bertz CT molecular complexity index is 1800. The number of hydrogen-bond donors (Lipinski definition) is 2. The van der Waals surface area contributed by atoms with Crippen LogP contribution in [0.3, 0.4) is 0 Å². The number of imidazole rings is 1. The second-order valence-electron chi connectivity index (χ2n) is 11.7. The van der Waals surface area contributed by atoms with Crippen molar-refractivity contribution < 1.29 is 14.4 Å². The fourth-order valence-corrected chi connectivity index (χ4v) is 5.65. The zero-order chi connectivity index (χ0) is 30.0. The lowest BCUT2D eigenvalue weighted by Gasteiger charge is -2.18. The summed E-state index contributed by atoms with van der Waals surface area (Å²) in [6, 6.07) is 7.32. The van der Waals surface area contributed by atoms with Crippen LogP contribution in [0.25, 0.3) is 11.0 Å². The molecule has 1 aliphatic heterocycles. The summed E-state index contributed by atoms with van der Waals surface area (Å²) in [6.07, 6.45) is 4.63. The van der Waals surface area contributed by atoms with Crippen molar-refractivity contribution in [3.8, 4) is 0 Å². The van der Waals surface area contributed by atoms with Gasteiger partial charge in [-0.1, -0.05) is 0 Å². The summed E-state index contributed by atoms with van der Waals surface area (Å²) in [5.41, 5.74) is 4.14. The van der Waals surface area contributed by atoms with Crippen molar-refractivity contribution in [2.24, 2.45) is 5.92 Å². The molecule has 4 heterocycles. The molecular weight excluding hydrogens is 548 g/mol. The summed E-state index contributed by atoms with van der Waals surface area (Å²) in [5.74, 6) is 2.87. The molecule has 7 rings (SSSR count). The number of H-pyrrole nitrogens is 1. The molecule has 2 aliphatic carbocycles. The summed E-state index contributed by atoms with van der Waals surface area (Å²) >= 11 is 0. The van der Waals surface area contributed by atoms with Crippen LogP contribution in [-0.2, 0) is 16.1 Å². The zero-order valence-electron chi connectivity index (χ0n) is 24.5. The number of aromatic nitrogens is 6. The van der Waals surface area contributed by atoms with Crippen LogP contribution in [0.4, 0.5) is 22.1 Å². The highest BCUT2D eigenvalue weighted by atomic mass is 16.2. The maximum absolute atomic E-state index is 13.0. The van der Waals surface area contributed by atoms with Gasteiger partial charge in [0.25, 0.3) is 0 Å². The predicted molar refractivity (Wildman–Crippen MR) is 159 cm³/mol. The van der Waals surface area contributed by atoms with Crippen molar-refractivity contribution in [3.63, 3.8) is 0 Å². The number of nitrogens with zero attached hydrogens (tertiary/aromatic N) is 8. The minimum atomic E-state index is -0.345. The number of carbonyl (C=O) groups excluding carboxylic acids is 3. The molecule has 4 aromatic rings. The fourth-order valence-electron chi connectivity index (χ4n) is 5.65. The lowest BCUT2D eigenvalue weighted by atomic mass is 10.1. The molecule has 2 saturated carbocycles. The SMILES string of the molecule is Cc1ccnc([C@H]2C[C@@H]2C(=O)Nc2cc(N(C)Cc3nc4cc(C5CC5)cc(N5CC(=O)N(C)C5=O)c4[nH]3)nc(C)n2)n1. The third-order valence-electron chi connectivity index (χ3n) is 8.29. The number of aryl methyl sites for hydroxylation is 2. The molecule has 0 radical (unpaired) electrons. The quantitative estimate of drug-likeness (QED) is 0.299. The maximum Gasteiger partial charge on any atom is 0.331 e. The van der Waals surface area contributed by atoms with E-state index in [4.69, 9.17) is 4.98 Å². The first kappa shape index (κ1) is 26.9. The Hall–Kier alpha value is -4.94. The van der Waals surface area contributed by atoms with Crippen molar-refractivity contribution in [2.75, 3.05) is 35.8 Å². The van der Waals surface area contributed by atoms with E-state index >= 15 is 0 Å². The molecule has 0 bridgehead atoms. The Morgan fingerprint density at radius 3 is 2.65 bits per heavy atom. The van der Waals surface area contributed by atoms with Gasteiger partial charge >= 0.3 is 6.03 Å². The molecule has 1 saturated heterocycles. The van der Waals surface area contributed by atoms with Gasteiger partial charge in [-0.15, -0.1) is 0 Å². The van der Waals surface area contributed by atoms with Gasteiger partial charge < -0.3 is 15.2 Å². The maximum atomic E-state index is 13.0. The Kier molecular flexibility index (Phi) is 6.33. The molecule has 13 nitrogen and oxygen atoms in total. The second-order valence-corrected chi connectivity index (χ2v) is 11.7. The van der Waals surface area contributed by atoms with E-state index in [1.807, 2.05) is 31.0 Å². The molecule has 4 amide bonds. The molecule has 13 heteroatoms. The normalized spacial score (nSPS) is 19.8. The van der Waals surface area contributed by atoms with Crippen LogP contribution >= 0.6 is 0 Å². The van der Waals surface area contributed by atoms with E-state index in [1.165, 1.54) is 11.9 Å². The summed E-state index contributed by atoms with van der Waals surface area (Å²) in [7, 11) is 3.39. The Morgan fingerprint density at radius 1 is 1.12 bits per heavy atom. The van der Waals surface area contributed by atoms with E-state index in [1.54, 1.807) is 19.2 Å². The Morgan fingerprint density at radius 2 is 1.93 bits per heavy atom. The van der Waals surface area contributed by atoms with Crippen LogP contribution in [0.15, 0.2) is 30.5 Å². The summed E-state index contributed by atoms with van der Waals surface area (Å²) < 4.78 is 0. The number of anilines is 3. The Balaban J connectivity index is 1.10. The number of benzene rings is 1. The number of imide groups is 1. The van der Waals surface area contributed by atoms with Crippen LogP contribution in [0, 0.1) is 19.8 Å². The molecular formula is C30H32N10O3. The number of amides is 4. The predicted octanol–water partition coefficient (Wildman–Crippen LogP) is 3.41. The lowest BCUT2D eigenvalue weighted by molar-refractivity contribution is -0.124. The van der Waals surface area contributed by atoms with E-state index in [9.17, 15) is 14.4 Å². The first-order valence-corrected chi connectivity index (χ1v) is 14.4. The minimum absolute atomic E-state index is 0.00113. The van der Waals surface area contributed by atoms with Crippen LogP contribution in [0.1, 0.15) is 59.8 Å². The molecule has 2 atom stereocenters. The molecule has 0 spiro atoms. The van der Waals surface area contributed by atoms with Gasteiger partial charge in [-0.25, -0.2) is 29.7 Å². The summed E-state index contributed by atoms with van der Waals surface area (Å²) in [5, 5.41) is 2.95. The molecule has 220 valence electrons. The standard InChI is InChI=1S/C30H32N10O3/c1-15-7-8-31-28(32-15)19-11-20(19)29(42)37-23-12-25(34-16(2)33-23)38(3)13-24-35-21-9-18(17-5-6-17)10-22(27(21)36-24)40-14-26(41)39(4)30(40)43/h7-10,12,17,19-20H,5-6,11,13-14H2,1-4H3,(H,35,36)(H,33,34,37,42)/t19-,20-/m0/s1. The number of carbonyl (C=O) groups is 3. The molecule has 3 fully saturated rings. The molecule has 2 N–H and O–H groups in total. The van der Waals surface area contributed by atoms with Crippen molar-refractivity contribution in [1.82, 2.24) is 34.8 Å². The highest BCUT2D eigenvalue weighted by molar-refractivity contribution is 6.14. The smallest absolute Gasteiger partial charge is 0.331 e. The first-order valence-electron chi connectivity index (χ1n) is 14.4. The fraction of sp³-hybridized carbons (Fsp3) is 0.400. The van der Waals surface area contributed by atoms with Gasteiger partial charge in [-0.3, -0.25) is 19.4 Å². The number of nitrogens with one attached hydrogen (secondary N) is 2. The van der Waals surface area contributed by atoms with Gasteiger partial charge in [0.15, 0.2) is 0 Å². The van der Waals surface area contributed by atoms with Crippen LogP contribution in [0.5, 0.6) is 0 Å². The monoisotopic (exact) mass is 580 g/mol. The highest BCUT2D eigenvalue weighted by Crippen LogP contribution is 2.46. The topological polar surface area (TPSA) is 153 Å².